The van der Waals surface area contributed by atoms with Crippen molar-refractivity contribution in [2.24, 2.45) is 11.8 Å². The Morgan fingerprint density at radius 3 is 2.41 bits per heavy atom. The molecule has 164 valence electrons. The van der Waals surface area contributed by atoms with Gasteiger partial charge in [-0.05, 0) is 55.5 Å². The van der Waals surface area contributed by atoms with Gasteiger partial charge in [0.1, 0.15) is 29.4 Å². The number of benzene rings is 3. The van der Waals surface area contributed by atoms with E-state index in [0.29, 0.717) is 29.6 Å². The zero-order valence-electron chi connectivity index (χ0n) is 18.3. The molecule has 3 atom stereocenters. The summed E-state index contributed by atoms with van der Waals surface area (Å²) in [5.74, 6) is 2.64. The quantitative estimate of drug-likeness (QED) is 0.419. The summed E-state index contributed by atoms with van der Waals surface area (Å²) in [6.45, 7) is 3.29. The molecule has 0 spiro atoms. The fourth-order valence-corrected chi connectivity index (χ4v) is 4.73. The van der Waals surface area contributed by atoms with Gasteiger partial charge in [0.2, 0.25) is 0 Å². The number of ether oxygens (including phenoxy) is 3. The van der Waals surface area contributed by atoms with Gasteiger partial charge in [-0.25, -0.2) is 4.79 Å². The summed E-state index contributed by atoms with van der Waals surface area (Å²) >= 11 is 0. The number of rotatable bonds is 7. The number of nitrogens with one attached hydrogen (secondary N) is 1. The van der Waals surface area contributed by atoms with Crippen molar-refractivity contribution >= 4 is 5.97 Å². The molecule has 2 fully saturated rings. The molecule has 1 heterocycles. The largest absolute Gasteiger partial charge is 0.496 e. The molecule has 0 radical (unpaired) electrons. The minimum Gasteiger partial charge on any atom is -0.496 e. The fraction of sp³-hybridized carbons (Fsp3) is 0.296. The summed E-state index contributed by atoms with van der Waals surface area (Å²) in [5, 5.41) is 3.61. The summed E-state index contributed by atoms with van der Waals surface area (Å²) in [6.07, 6.45) is 1.23. The molecule has 1 saturated carbocycles. The Morgan fingerprint density at radius 2 is 1.78 bits per heavy atom. The molecule has 0 aromatic heterocycles. The van der Waals surface area contributed by atoms with E-state index in [-0.39, 0.29) is 6.04 Å². The second-order valence-corrected chi connectivity index (χ2v) is 8.52. The van der Waals surface area contributed by atoms with Crippen LogP contribution in [0, 0.1) is 18.8 Å². The van der Waals surface area contributed by atoms with Crippen LogP contribution in [-0.2, 0) is 6.61 Å². The van der Waals surface area contributed by atoms with Crippen molar-refractivity contribution in [3.8, 4) is 17.2 Å². The van der Waals surface area contributed by atoms with E-state index in [9.17, 15) is 4.79 Å². The first-order chi connectivity index (χ1) is 15.7. The summed E-state index contributed by atoms with van der Waals surface area (Å²) in [7, 11) is 1.65. The minimum absolute atomic E-state index is 0.215. The van der Waals surface area contributed by atoms with Crippen LogP contribution in [0.2, 0.25) is 0 Å². The van der Waals surface area contributed by atoms with Gasteiger partial charge in [-0.3, -0.25) is 0 Å². The zero-order valence-corrected chi connectivity index (χ0v) is 18.3. The zero-order chi connectivity index (χ0) is 22.1. The van der Waals surface area contributed by atoms with Crippen LogP contribution in [0.1, 0.15) is 39.5 Å². The molecule has 5 heteroatoms. The number of methoxy groups -OCH3 is 1. The molecule has 5 nitrogen and oxygen atoms in total. The van der Waals surface area contributed by atoms with Gasteiger partial charge in [0.25, 0.3) is 0 Å². The van der Waals surface area contributed by atoms with Gasteiger partial charge >= 0.3 is 5.97 Å². The molecule has 1 aliphatic carbocycles. The van der Waals surface area contributed by atoms with Crippen LogP contribution >= 0.6 is 0 Å². The first-order valence-corrected chi connectivity index (χ1v) is 11.0. The van der Waals surface area contributed by atoms with Crippen molar-refractivity contribution in [1.82, 2.24) is 5.32 Å². The Hall–Kier alpha value is -3.31. The van der Waals surface area contributed by atoms with Gasteiger partial charge in [0, 0.05) is 17.2 Å². The fourth-order valence-electron chi connectivity index (χ4n) is 4.73. The average Bonchev–Trinajstić information content (AvgIpc) is 3.48. The van der Waals surface area contributed by atoms with Gasteiger partial charge in [-0.1, -0.05) is 48.5 Å². The van der Waals surface area contributed by atoms with Gasteiger partial charge < -0.3 is 19.5 Å². The maximum Gasteiger partial charge on any atom is 0.347 e. The molecule has 3 unspecified atom stereocenters. The van der Waals surface area contributed by atoms with Gasteiger partial charge in [0.05, 0.1) is 7.11 Å². The molecule has 5 rings (SSSR count). The van der Waals surface area contributed by atoms with Crippen LogP contribution in [0.5, 0.6) is 17.2 Å². The monoisotopic (exact) mass is 429 g/mol. The smallest absolute Gasteiger partial charge is 0.347 e. The summed E-state index contributed by atoms with van der Waals surface area (Å²) in [5.41, 5.74) is 3.22. The van der Waals surface area contributed by atoms with E-state index in [0.717, 1.165) is 34.9 Å². The maximum absolute atomic E-state index is 13.3. The van der Waals surface area contributed by atoms with Crippen LogP contribution < -0.4 is 19.5 Å². The Labute approximate surface area is 188 Å². The normalized spacial score (nSPS) is 21.0. The van der Waals surface area contributed by atoms with Crippen molar-refractivity contribution in [3.63, 3.8) is 0 Å². The Kier molecular flexibility index (Phi) is 5.58. The van der Waals surface area contributed by atoms with Crippen LogP contribution in [0.25, 0.3) is 0 Å². The van der Waals surface area contributed by atoms with Gasteiger partial charge in [-0.15, -0.1) is 0 Å². The lowest BCUT2D eigenvalue weighted by molar-refractivity contribution is 0.0728. The first-order valence-electron chi connectivity index (χ1n) is 11.0. The van der Waals surface area contributed by atoms with E-state index in [4.69, 9.17) is 14.2 Å². The van der Waals surface area contributed by atoms with E-state index in [1.165, 1.54) is 6.42 Å². The Bertz CT molecular complexity index is 1110. The predicted molar refractivity (Wildman–Crippen MR) is 122 cm³/mol. The molecule has 0 amide bonds. The summed E-state index contributed by atoms with van der Waals surface area (Å²) in [6, 6.07) is 21.2. The Morgan fingerprint density at radius 1 is 1.06 bits per heavy atom. The number of carbonyl (C=O) groups excluding carboxylic acids is 1. The number of piperidine rings is 1. The lowest BCUT2D eigenvalue weighted by Gasteiger charge is -2.23. The Balaban J connectivity index is 1.53. The van der Waals surface area contributed by atoms with Crippen LogP contribution in [0.3, 0.4) is 0 Å². The summed E-state index contributed by atoms with van der Waals surface area (Å²) < 4.78 is 17.7. The lowest BCUT2D eigenvalue weighted by atomic mass is 9.95. The average molecular weight is 430 g/mol. The molecular formula is C27H27NO4. The number of fused-ring (bicyclic) bond motifs is 1. The third-order valence-electron chi connectivity index (χ3n) is 6.45. The SMILES string of the molecule is COc1c(C2NCC3CC32)cc(OCc2ccccc2)c(C(=O)Oc2ccccc2)c1C. The highest BCUT2D eigenvalue weighted by Crippen LogP contribution is 2.54. The molecule has 2 aliphatic rings. The maximum atomic E-state index is 13.3. The summed E-state index contributed by atoms with van der Waals surface area (Å²) in [4.78, 5) is 13.3. The van der Waals surface area contributed by atoms with E-state index < -0.39 is 5.97 Å². The molecule has 1 aliphatic heterocycles. The number of para-hydroxylation sites is 1. The van der Waals surface area contributed by atoms with Crippen molar-refractivity contribution in [1.29, 1.82) is 0 Å². The second kappa shape index (κ2) is 8.67. The highest BCUT2D eigenvalue weighted by atomic mass is 16.5. The predicted octanol–water partition coefficient (Wildman–Crippen LogP) is 5.08. The molecule has 1 N–H and O–H groups in total. The van der Waals surface area contributed by atoms with Gasteiger partial charge in [0.15, 0.2) is 0 Å². The van der Waals surface area contributed by atoms with E-state index in [1.54, 1.807) is 19.2 Å². The molecular weight excluding hydrogens is 402 g/mol. The lowest BCUT2D eigenvalue weighted by Crippen LogP contribution is -2.21. The third kappa shape index (κ3) is 3.96. The van der Waals surface area contributed by atoms with Crippen LogP contribution in [-0.4, -0.2) is 19.6 Å². The van der Waals surface area contributed by atoms with Crippen LogP contribution in [0.4, 0.5) is 0 Å². The van der Waals surface area contributed by atoms with Crippen molar-refractivity contribution < 1.29 is 19.0 Å². The first kappa shape index (κ1) is 20.6. The number of hydrogen-bond acceptors (Lipinski definition) is 5. The minimum atomic E-state index is -0.453. The third-order valence-corrected chi connectivity index (χ3v) is 6.45. The number of hydrogen-bond donors (Lipinski definition) is 1. The topological polar surface area (TPSA) is 56.8 Å². The highest BCUT2D eigenvalue weighted by molar-refractivity contribution is 5.96. The van der Waals surface area contributed by atoms with Crippen molar-refractivity contribution in [2.75, 3.05) is 13.7 Å². The molecule has 0 bridgehead atoms. The van der Waals surface area contributed by atoms with Crippen molar-refractivity contribution in [3.05, 3.63) is 89.0 Å². The second-order valence-electron chi connectivity index (χ2n) is 8.52. The van der Waals surface area contributed by atoms with E-state index >= 15 is 0 Å². The number of carbonyl (C=O) groups is 1. The standard InChI is InChI=1S/C27H27NO4/c1-17-24(27(29)32-20-11-7-4-8-12-20)23(31-16-18-9-5-3-6-10-18)14-22(26(17)30-2)25-21-13-19(21)15-28-25/h3-12,14,19,21,25,28H,13,15-16H2,1-2H3. The molecule has 1 saturated heterocycles. The van der Waals surface area contributed by atoms with E-state index in [1.807, 2.05) is 61.5 Å². The number of esters is 1. The van der Waals surface area contributed by atoms with E-state index in [2.05, 4.69) is 5.32 Å². The van der Waals surface area contributed by atoms with Crippen molar-refractivity contribution in [2.45, 2.75) is 26.0 Å². The highest BCUT2D eigenvalue weighted by Gasteiger charge is 2.49. The van der Waals surface area contributed by atoms with Crippen LogP contribution in [0.15, 0.2) is 66.7 Å². The van der Waals surface area contributed by atoms with Gasteiger partial charge in [-0.2, -0.15) is 0 Å². The molecule has 32 heavy (non-hydrogen) atoms. The molecule has 3 aromatic rings. The molecule has 3 aromatic carbocycles.